The zero-order chi connectivity index (χ0) is 17.2. The van der Waals surface area contributed by atoms with Gasteiger partial charge in [0.05, 0.1) is 26.3 Å². The lowest BCUT2D eigenvalue weighted by atomic mass is 9.64. The number of rotatable bonds is 7. The van der Waals surface area contributed by atoms with E-state index in [1.54, 1.807) is 4.90 Å². The Morgan fingerprint density at radius 2 is 1.92 bits per heavy atom. The third-order valence-electron chi connectivity index (χ3n) is 7.48. The summed E-state index contributed by atoms with van der Waals surface area (Å²) >= 11 is 0. The summed E-state index contributed by atoms with van der Waals surface area (Å²) in [4.78, 5) is 14.1. The minimum absolute atomic E-state index is 0.0151. The van der Waals surface area contributed by atoms with Gasteiger partial charge in [-0.25, -0.2) is 0 Å². The van der Waals surface area contributed by atoms with E-state index in [4.69, 9.17) is 4.74 Å². The average molecular weight is 340 g/mol. The van der Waals surface area contributed by atoms with Crippen LogP contribution in [0.25, 0.3) is 0 Å². The number of amides is 1. The highest BCUT2D eigenvalue weighted by Gasteiger charge is 2.60. The molecule has 1 saturated heterocycles. The molecule has 2 saturated carbocycles. The molecule has 4 N–H and O–H groups in total. The summed E-state index contributed by atoms with van der Waals surface area (Å²) in [5.41, 5.74) is 0.212. The maximum Gasteiger partial charge on any atom is 0.275 e. The molecule has 138 valence electrons. The fourth-order valence-corrected chi connectivity index (χ4v) is 5.35. The highest BCUT2D eigenvalue weighted by atomic mass is 16.5. The van der Waals surface area contributed by atoms with E-state index in [0.717, 1.165) is 38.8 Å². The molecule has 3 fully saturated rings. The molecule has 0 aromatic heterocycles. The van der Waals surface area contributed by atoms with Crippen molar-refractivity contribution in [2.45, 2.75) is 52.0 Å². The fraction of sp³-hybridized carbons (Fsp3) is 0.947. The number of ether oxygens (including phenoxy) is 1. The Morgan fingerprint density at radius 1 is 1.21 bits per heavy atom. The van der Waals surface area contributed by atoms with Crippen molar-refractivity contribution in [2.75, 3.05) is 45.9 Å². The molecule has 3 atom stereocenters. The van der Waals surface area contributed by atoms with E-state index in [-0.39, 0.29) is 16.9 Å². The van der Waals surface area contributed by atoms with Gasteiger partial charge in [-0.1, -0.05) is 13.8 Å². The lowest BCUT2D eigenvalue weighted by molar-refractivity contribution is -0.909. The molecule has 5 nitrogen and oxygen atoms in total. The predicted molar refractivity (Wildman–Crippen MR) is 93.8 cm³/mol. The summed E-state index contributed by atoms with van der Waals surface area (Å²) in [6.45, 7) is 13.9. The van der Waals surface area contributed by atoms with E-state index in [1.807, 2.05) is 0 Å². The lowest BCUT2D eigenvalue weighted by Gasteiger charge is -2.48. The number of nitrogens with two attached hydrogens (primary N) is 1. The second-order valence-corrected chi connectivity index (χ2v) is 8.93. The van der Waals surface area contributed by atoms with E-state index in [0.29, 0.717) is 12.5 Å². The molecule has 1 aliphatic heterocycles. The molecule has 5 heteroatoms. The predicted octanol–water partition coefficient (Wildman–Crippen LogP) is -0.814. The number of carbonyl (C=O) groups excluding carboxylic acids is 1. The highest BCUT2D eigenvalue weighted by molar-refractivity contribution is 5.77. The summed E-state index contributed by atoms with van der Waals surface area (Å²) in [6.07, 6.45) is 5.11. The maximum absolute atomic E-state index is 12.5. The van der Waals surface area contributed by atoms with E-state index >= 15 is 0 Å². The largest absolute Gasteiger partial charge is 0.370 e. The SMILES string of the molecule is CC1(C)[C@H]2CC[C@H](C2)[C@@]1(C)NC(=O)C[NH2+]CCC[NH+]1CCOCC1. The van der Waals surface area contributed by atoms with Crippen molar-refractivity contribution in [3.63, 3.8) is 0 Å². The molecule has 0 radical (unpaired) electrons. The van der Waals surface area contributed by atoms with Gasteiger partial charge in [-0.3, -0.25) is 4.79 Å². The van der Waals surface area contributed by atoms with Crippen LogP contribution in [0.15, 0.2) is 0 Å². The van der Waals surface area contributed by atoms with Crippen molar-refractivity contribution >= 4 is 5.91 Å². The molecule has 24 heavy (non-hydrogen) atoms. The van der Waals surface area contributed by atoms with Crippen molar-refractivity contribution in [1.29, 1.82) is 0 Å². The first-order valence-corrected chi connectivity index (χ1v) is 9.97. The van der Waals surface area contributed by atoms with Crippen LogP contribution in [0.3, 0.4) is 0 Å². The standard InChI is InChI=1S/C19H35N3O2/c1-18(2)15-5-6-16(13-15)19(18,3)21-17(23)14-20-7-4-8-22-9-11-24-12-10-22/h15-16,20H,4-14H2,1-3H3,(H,21,23)/p+2/t15-,16+,19+/m0/s1. The molecule has 0 aromatic rings. The van der Waals surface area contributed by atoms with Crippen LogP contribution >= 0.6 is 0 Å². The minimum Gasteiger partial charge on any atom is -0.370 e. The van der Waals surface area contributed by atoms with E-state index in [1.165, 1.54) is 32.2 Å². The molecular formula is C19H37N3O2+2. The van der Waals surface area contributed by atoms with Crippen LogP contribution in [0.4, 0.5) is 0 Å². The minimum atomic E-state index is -0.0151. The van der Waals surface area contributed by atoms with Crippen LogP contribution in [-0.4, -0.2) is 57.4 Å². The number of hydrogen-bond acceptors (Lipinski definition) is 2. The number of hydrogen-bond donors (Lipinski definition) is 3. The fourth-order valence-electron chi connectivity index (χ4n) is 5.35. The lowest BCUT2D eigenvalue weighted by Crippen LogP contribution is -3.14. The summed E-state index contributed by atoms with van der Waals surface area (Å²) in [6, 6.07) is 0. The van der Waals surface area contributed by atoms with Crippen LogP contribution in [0, 0.1) is 17.3 Å². The van der Waals surface area contributed by atoms with Gasteiger partial charge >= 0.3 is 0 Å². The Kier molecular flexibility index (Phi) is 5.52. The number of morpholine rings is 1. The van der Waals surface area contributed by atoms with Crippen molar-refractivity contribution in [3.05, 3.63) is 0 Å². The van der Waals surface area contributed by atoms with Crippen LogP contribution < -0.4 is 15.5 Å². The Balaban J connectivity index is 1.35. The van der Waals surface area contributed by atoms with Gasteiger partial charge in [0.1, 0.15) is 13.1 Å². The monoisotopic (exact) mass is 339 g/mol. The van der Waals surface area contributed by atoms with Crippen molar-refractivity contribution in [1.82, 2.24) is 5.32 Å². The Labute approximate surface area is 146 Å². The smallest absolute Gasteiger partial charge is 0.275 e. The van der Waals surface area contributed by atoms with E-state index < -0.39 is 0 Å². The zero-order valence-electron chi connectivity index (χ0n) is 15.8. The van der Waals surface area contributed by atoms with Gasteiger partial charge in [0.2, 0.25) is 0 Å². The Morgan fingerprint density at radius 3 is 2.58 bits per heavy atom. The van der Waals surface area contributed by atoms with Crippen LogP contribution in [0.2, 0.25) is 0 Å². The molecule has 1 heterocycles. The van der Waals surface area contributed by atoms with Gasteiger partial charge in [0.15, 0.2) is 6.54 Å². The molecule has 2 aliphatic carbocycles. The molecule has 3 aliphatic rings. The van der Waals surface area contributed by atoms with Crippen molar-refractivity contribution in [2.24, 2.45) is 17.3 Å². The van der Waals surface area contributed by atoms with Crippen LogP contribution in [0.1, 0.15) is 46.5 Å². The summed E-state index contributed by atoms with van der Waals surface area (Å²) in [5, 5.41) is 5.60. The zero-order valence-corrected chi connectivity index (χ0v) is 15.8. The molecule has 0 aromatic carbocycles. The first-order valence-electron chi connectivity index (χ1n) is 9.97. The number of fused-ring (bicyclic) bond motifs is 2. The molecule has 1 amide bonds. The number of carbonyl (C=O) groups is 1. The molecule has 2 bridgehead atoms. The first kappa shape index (κ1) is 18.2. The third kappa shape index (κ3) is 3.49. The normalized spacial score (nSPS) is 35.3. The van der Waals surface area contributed by atoms with Crippen molar-refractivity contribution < 1.29 is 19.7 Å². The van der Waals surface area contributed by atoms with Crippen molar-refractivity contribution in [3.8, 4) is 0 Å². The van der Waals surface area contributed by atoms with Crippen LogP contribution in [0.5, 0.6) is 0 Å². The number of quaternary nitrogens is 2. The molecular weight excluding hydrogens is 302 g/mol. The van der Waals surface area contributed by atoms with Gasteiger partial charge in [-0.15, -0.1) is 0 Å². The van der Waals surface area contributed by atoms with Gasteiger partial charge in [0, 0.05) is 12.0 Å². The van der Waals surface area contributed by atoms with E-state index in [2.05, 4.69) is 31.4 Å². The van der Waals surface area contributed by atoms with Gasteiger partial charge in [0.25, 0.3) is 5.91 Å². The highest BCUT2D eigenvalue weighted by Crippen LogP contribution is 2.61. The summed E-state index contributed by atoms with van der Waals surface area (Å²) in [7, 11) is 0. The summed E-state index contributed by atoms with van der Waals surface area (Å²) in [5.74, 6) is 1.68. The van der Waals surface area contributed by atoms with E-state index in [9.17, 15) is 4.79 Å². The first-order chi connectivity index (χ1) is 11.4. The third-order valence-corrected chi connectivity index (χ3v) is 7.48. The molecule has 3 rings (SSSR count). The Bertz CT molecular complexity index is 448. The average Bonchev–Trinajstić information content (AvgIpc) is 3.11. The molecule has 0 spiro atoms. The van der Waals surface area contributed by atoms with Gasteiger partial charge in [-0.2, -0.15) is 0 Å². The second kappa shape index (κ2) is 7.30. The topological polar surface area (TPSA) is 59.4 Å². The second-order valence-electron chi connectivity index (χ2n) is 8.93. The maximum atomic E-state index is 12.5. The van der Waals surface area contributed by atoms with Gasteiger partial charge in [-0.05, 0) is 43.4 Å². The summed E-state index contributed by atoms with van der Waals surface area (Å²) < 4.78 is 5.39. The van der Waals surface area contributed by atoms with Crippen LogP contribution in [-0.2, 0) is 9.53 Å². The van der Waals surface area contributed by atoms with Gasteiger partial charge < -0.3 is 20.3 Å². The molecule has 0 unspecified atom stereocenters. The number of nitrogens with one attached hydrogen (secondary N) is 2. The quantitative estimate of drug-likeness (QED) is 0.531. The Hall–Kier alpha value is -0.650.